The van der Waals surface area contributed by atoms with Crippen molar-refractivity contribution in [2.24, 2.45) is 0 Å². The summed E-state index contributed by atoms with van der Waals surface area (Å²) in [7, 11) is 0. The second-order valence-corrected chi connectivity index (χ2v) is 7.86. The third kappa shape index (κ3) is 3.42. The Hall–Kier alpha value is -1.99. The lowest BCUT2D eigenvalue weighted by molar-refractivity contribution is -0.148. The van der Waals surface area contributed by atoms with Crippen molar-refractivity contribution in [1.29, 1.82) is 0 Å². The molecule has 0 radical (unpaired) electrons. The average Bonchev–Trinajstić information content (AvgIpc) is 3.14. The molecule has 0 spiro atoms. The second-order valence-electron chi connectivity index (χ2n) is 5.63. The fraction of sp³-hybridized carbons (Fsp3) is 0.353. The van der Waals surface area contributed by atoms with Gasteiger partial charge >= 0.3 is 5.97 Å². The van der Waals surface area contributed by atoms with E-state index in [0.29, 0.717) is 28.9 Å². The van der Waals surface area contributed by atoms with Gasteiger partial charge in [-0.15, -0.1) is 22.7 Å². The van der Waals surface area contributed by atoms with Crippen LogP contribution in [-0.2, 0) is 16.0 Å². The third-order valence-electron chi connectivity index (χ3n) is 3.91. The summed E-state index contributed by atoms with van der Waals surface area (Å²) >= 11 is 3.10. The monoisotopic (exact) mass is 362 g/mol. The zero-order chi connectivity index (χ0) is 17.3. The molecule has 0 aliphatic rings. The number of aromatic amines is 1. The molecule has 0 aliphatic heterocycles. The average molecular weight is 362 g/mol. The van der Waals surface area contributed by atoms with Crippen LogP contribution in [0.5, 0.6) is 0 Å². The number of carbonyl (C=O) groups excluding carboxylic acids is 1. The highest BCUT2D eigenvalue weighted by molar-refractivity contribution is 7.18. The van der Waals surface area contributed by atoms with Crippen molar-refractivity contribution in [2.45, 2.75) is 39.7 Å². The molecular formula is C17H18N2O3S2. The molecule has 0 bridgehead atoms. The van der Waals surface area contributed by atoms with Gasteiger partial charge in [-0.3, -0.25) is 9.59 Å². The summed E-state index contributed by atoms with van der Waals surface area (Å²) in [5.41, 5.74) is 0.772. The van der Waals surface area contributed by atoms with Gasteiger partial charge in [0.15, 0.2) is 11.9 Å². The first-order valence-electron chi connectivity index (χ1n) is 7.67. The van der Waals surface area contributed by atoms with Crippen molar-refractivity contribution >= 4 is 38.9 Å². The van der Waals surface area contributed by atoms with Crippen LogP contribution in [-0.4, -0.2) is 15.9 Å². The molecule has 1 atom stereocenters. The number of H-pyrrole nitrogens is 1. The lowest BCUT2D eigenvalue weighted by Gasteiger charge is -2.12. The number of aryl methyl sites for hydroxylation is 3. The number of nitrogens with zero attached hydrogens (tertiary/aromatic N) is 1. The topological polar surface area (TPSA) is 72.0 Å². The molecule has 126 valence electrons. The number of hydrogen-bond donors (Lipinski definition) is 1. The number of aromatic nitrogens is 2. The molecule has 0 amide bonds. The molecule has 0 saturated carbocycles. The van der Waals surface area contributed by atoms with Crippen LogP contribution in [0.3, 0.4) is 0 Å². The van der Waals surface area contributed by atoms with Gasteiger partial charge in [0, 0.05) is 9.75 Å². The molecule has 3 aromatic heterocycles. The van der Waals surface area contributed by atoms with E-state index in [2.05, 4.69) is 9.97 Å². The maximum Gasteiger partial charge on any atom is 0.306 e. The normalized spacial score (nSPS) is 12.5. The van der Waals surface area contributed by atoms with Gasteiger partial charge in [-0.25, -0.2) is 4.98 Å². The summed E-state index contributed by atoms with van der Waals surface area (Å²) in [5, 5.41) is 2.61. The first kappa shape index (κ1) is 16.9. The Morgan fingerprint density at radius 2 is 2.21 bits per heavy atom. The van der Waals surface area contributed by atoms with E-state index in [-0.39, 0.29) is 11.5 Å². The summed E-state index contributed by atoms with van der Waals surface area (Å²) in [6, 6.07) is 3.96. The maximum absolute atomic E-state index is 12.3. The Bertz CT molecular complexity index is 925. The first-order chi connectivity index (χ1) is 11.5. The molecule has 5 nitrogen and oxygen atoms in total. The number of esters is 1. The minimum absolute atomic E-state index is 0.182. The van der Waals surface area contributed by atoms with Gasteiger partial charge in [-0.05, 0) is 44.2 Å². The van der Waals surface area contributed by atoms with Crippen LogP contribution in [0.15, 0.2) is 22.3 Å². The molecule has 0 unspecified atom stereocenters. The Morgan fingerprint density at radius 3 is 2.92 bits per heavy atom. The molecule has 3 rings (SSSR count). The summed E-state index contributed by atoms with van der Waals surface area (Å²) in [5.74, 6) is 0.0930. The quantitative estimate of drug-likeness (QED) is 0.699. The van der Waals surface area contributed by atoms with Crippen molar-refractivity contribution in [1.82, 2.24) is 9.97 Å². The highest BCUT2D eigenvalue weighted by Crippen LogP contribution is 2.27. The zero-order valence-electron chi connectivity index (χ0n) is 13.7. The highest BCUT2D eigenvalue weighted by atomic mass is 32.1. The van der Waals surface area contributed by atoms with Crippen molar-refractivity contribution < 1.29 is 9.53 Å². The molecule has 0 aliphatic carbocycles. The maximum atomic E-state index is 12.3. The van der Waals surface area contributed by atoms with Crippen LogP contribution in [0.4, 0.5) is 0 Å². The molecule has 3 aromatic rings. The van der Waals surface area contributed by atoms with E-state index in [0.717, 1.165) is 15.3 Å². The Morgan fingerprint density at radius 1 is 1.42 bits per heavy atom. The molecule has 0 fully saturated rings. The molecule has 0 aromatic carbocycles. The van der Waals surface area contributed by atoms with Crippen molar-refractivity contribution in [3.05, 3.63) is 49.0 Å². The van der Waals surface area contributed by atoms with Crippen LogP contribution >= 0.6 is 22.7 Å². The lowest BCUT2D eigenvalue weighted by Crippen LogP contribution is -2.17. The minimum Gasteiger partial charge on any atom is -0.454 e. The van der Waals surface area contributed by atoms with E-state index in [1.807, 2.05) is 31.4 Å². The van der Waals surface area contributed by atoms with Crippen molar-refractivity contribution in [3.8, 4) is 0 Å². The van der Waals surface area contributed by atoms with E-state index in [1.165, 1.54) is 11.3 Å². The third-order valence-corrected chi connectivity index (χ3v) is 5.94. The molecule has 24 heavy (non-hydrogen) atoms. The van der Waals surface area contributed by atoms with Gasteiger partial charge in [0.2, 0.25) is 0 Å². The van der Waals surface area contributed by atoms with E-state index in [4.69, 9.17) is 4.74 Å². The molecular weight excluding hydrogens is 344 g/mol. The van der Waals surface area contributed by atoms with Gasteiger partial charge in [0.25, 0.3) is 5.56 Å². The summed E-state index contributed by atoms with van der Waals surface area (Å²) in [4.78, 5) is 34.4. The Labute approximate surface area is 147 Å². The number of ether oxygens (including phenoxy) is 1. The molecule has 0 saturated heterocycles. The number of hydrogen-bond acceptors (Lipinski definition) is 6. The highest BCUT2D eigenvalue weighted by Gasteiger charge is 2.18. The first-order valence-corrected chi connectivity index (χ1v) is 9.37. The van der Waals surface area contributed by atoms with Gasteiger partial charge < -0.3 is 9.72 Å². The fourth-order valence-corrected chi connectivity index (χ4v) is 4.20. The number of rotatable bonds is 5. The van der Waals surface area contributed by atoms with Gasteiger partial charge in [-0.1, -0.05) is 6.07 Å². The van der Waals surface area contributed by atoms with E-state index in [9.17, 15) is 9.59 Å². The zero-order valence-corrected chi connectivity index (χ0v) is 15.3. The number of thiophene rings is 2. The van der Waals surface area contributed by atoms with E-state index < -0.39 is 6.10 Å². The fourth-order valence-electron chi connectivity index (χ4n) is 2.46. The Kier molecular flexibility index (Phi) is 4.82. The minimum atomic E-state index is -0.583. The van der Waals surface area contributed by atoms with Crippen LogP contribution in [0.25, 0.3) is 10.2 Å². The number of fused-ring (bicyclic) bond motifs is 1. The van der Waals surface area contributed by atoms with E-state index >= 15 is 0 Å². The molecule has 3 heterocycles. The van der Waals surface area contributed by atoms with E-state index in [1.54, 1.807) is 18.3 Å². The van der Waals surface area contributed by atoms with Crippen LogP contribution in [0.1, 0.15) is 40.6 Å². The van der Waals surface area contributed by atoms with Gasteiger partial charge in [0.05, 0.1) is 11.8 Å². The predicted octanol–water partition coefficient (Wildman–Crippen LogP) is 3.90. The molecule has 1 N–H and O–H groups in total. The lowest BCUT2D eigenvalue weighted by atomic mass is 10.2. The second kappa shape index (κ2) is 6.86. The van der Waals surface area contributed by atoms with Crippen molar-refractivity contribution in [3.63, 3.8) is 0 Å². The van der Waals surface area contributed by atoms with Crippen molar-refractivity contribution in [2.75, 3.05) is 0 Å². The number of carbonyl (C=O) groups is 1. The summed E-state index contributed by atoms with van der Waals surface area (Å²) in [6.07, 6.45) is 0.394. The number of nitrogens with one attached hydrogen (secondary N) is 1. The SMILES string of the molecule is Cc1sc2nc([C@@H](C)OC(=O)CCc3cccs3)[nH]c(=O)c2c1C. The molecule has 7 heteroatoms. The van der Waals surface area contributed by atoms with Gasteiger partial charge in [-0.2, -0.15) is 0 Å². The van der Waals surface area contributed by atoms with Gasteiger partial charge in [0.1, 0.15) is 4.83 Å². The largest absolute Gasteiger partial charge is 0.454 e. The standard InChI is InChI=1S/C17H18N2O3S2/c1-9-11(3)24-17-14(9)16(21)18-15(19-17)10(2)22-13(20)7-6-12-5-4-8-23-12/h4-5,8,10H,6-7H2,1-3H3,(H,18,19,21)/t10-/m1/s1. The Balaban J connectivity index is 1.72. The van der Waals surface area contributed by atoms with Crippen LogP contribution in [0, 0.1) is 13.8 Å². The predicted molar refractivity (Wildman–Crippen MR) is 96.9 cm³/mol. The summed E-state index contributed by atoms with van der Waals surface area (Å²) < 4.78 is 5.41. The smallest absolute Gasteiger partial charge is 0.306 e. The summed E-state index contributed by atoms with van der Waals surface area (Å²) in [6.45, 7) is 5.61. The van der Waals surface area contributed by atoms with Crippen LogP contribution in [0.2, 0.25) is 0 Å². The van der Waals surface area contributed by atoms with Crippen LogP contribution < -0.4 is 5.56 Å².